The normalized spacial score (nSPS) is 14.4. The molecule has 106 heavy (non-hydrogen) atoms. The van der Waals surface area contributed by atoms with E-state index in [0.717, 1.165) is 80.3 Å². The van der Waals surface area contributed by atoms with Crippen LogP contribution in [0, 0.1) is 21.7 Å². The zero-order valence-corrected chi connectivity index (χ0v) is 65.8. The number of hydrogen-bond acceptors (Lipinski definition) is 8. The molecule has 10 heteroatoms. The monoisotopic (exact) mass is 1410 g/mol. The number of benzene rings is 12. The van der Waals surface area contributed by atoms with E-state index in [4.69, 9.17) is 18.9 Å². The Morgan fingerprint density at radius 3 is 0.651 bits per heavy atom. The van der Waals surface area contributed by atoms with Crippen molar-refractivity contribution in [2.45, 2.75) is 186 Å². The summed E-state index contributed by atoms with van der Waals surface area (Å²) in [4.78, 5) is 64.0. The van der Waals surface area contributed by atoms with Crippen LogP contribution in [0.1, 0.15) is 228 Å². The zero-order chi connectivity index (χ0) is 76.2. The number of carbonyl (C=O) groups excluding carboxylic acids is 4. The van der Waals surface area contributed by atoms with E-state index in [0.29, 0.717) is 111 Å². The topological polar surface area (TPSA) is 112 Å². The number of ether oxygens (including phenoxy) is 4. The predicted octanol–water partition coefficient (Wildman–Crippen LogP) is 26.2. The molecule has 2 aliphatic heterocycles. The van der Waals surface area contributed by atoms with Gasteiger partial charge in [0.15, 0.2) is 0 Å². The number of imide groups is 2. The highest BCUT2D eigenvalue weighted by atomic mass is 16.5. The lowest BCUT2D eigenvalue weighted by atomic mass is 9.72. The molecule has 0 fully saturated rings. The molecule has 10 nitrogen and oxygen atoms in total. The van der Waals surface area contributed by atoms with E-state index in [2.05, 4.69) is 224 Å². The molecule has 0 saturated carbocycles. The minimum atomic E-state index is -0.468. The van der Waals surface area contributed by atoms with Gasteiger partial charge in [0.1, 0.15) is 46.0 Å². The molecule has 0 radical (unpaired) electrons. The van der Waals surface area contributed by atoms with Crippen molar-refractivity contribution in [2.75, 3.05) is 13.1 Å². The largest absolute Gasteiger partial charge is 0.457 e. The average molecular weight is 1410 g/mol. The van der Waals surface area contributed by atoms with Crippen LogP contribution in [-0.2, 0) is 21.7 Å². The van der Waals surface area contributed by atoms with Crippen LogP contribution in [0.25, 0.3) is 75.4 Å². The van der Waals surface area contributed by atoms with E-state index >= 15 is 19.2 Å². The van der Waals surface area contributed by atoms with E-state index in [9.17, 15) is 0 Å². The number of fused-ring (bicyclic) bond motifs is 4. The number of rotatable bonds is 20. The highest BCUT2D eigenvalue weighted by molar-refractivity contribution is 6.47. The molecule has 2 heterocycles. The first-order chi connectivity index (χ1) is 49.6. The van der Waals surface area contributed by atoms with Crippen LogP contribution in [0.4, 0.5) is 0 Å². The molecule has 544 valence electrons. The summed E-state index contributed by atoms with van der Waals surface area (Å²) in [7, 11) is 0. The smallest absolute Gasteiger partial charge is 0.261 e. The summed E-state index contributed by atoms with van der Waals surface area (Å²) in [5.41, 5.74) is 5.52. The first kappa shape index (κ1) is 72.9. The van der Waals surface area contributed by atoms with Crippen LogP contribution in [0.5, 0.6) is 46.0 Å². The van der Waals surface area contributed by atoms with Gasteiger partial charge in [-0.05, 0) is 196 Å². The van der Waals surface area contributed by atoms with Gasteiger partial charge in [-0.2, -0.15) is 0 Å². The third-order valence-corrected chi connectivity index (χ3v) is 21.8. The number of carbonyl (C=O) groups is 4. The minimum Gasteiger partial charge on any atom is -0.457 e. The van der Waals surface area contributed by atoms with E-state index < -0.39 is 23.6 Å². The van der Waals surface area contributed by atoms with E-state index in [1.54, 1.807) is 12.2 Å². The molecule has 0 saturated heterocycles. The molecular formula is C96H102N2O8. The van der Waals surface area contributed by atoms with Gasteiger partial charge in [-0.3, -0.25) is 29.0 Å². The highest BCUT2D eigenvalue weighted by Crippen LogP contribution is 2.58. The number of nitrogens with zero attached hydrogens (tertiary/aromatic N) is 2. The maximum Gasteiger partial charge on any atom is 0.261 e. The average Bonchev–Trinajstić information content (AvgIpc) is 0.672. The van der Waals surface area contributed by atoms with Gasteiger partial charge in [0.25, 0.3) is 23.6 Å². The molecule has 12 aromatic carbocycles. The van der Waals surface area contributed by atoms with Crippen molar-refractivity contribution >= 4 is 99.0 Å². The molecule has 14 rings (SSSR count). The van der Waals surface area contributed by atoms with Crippen LogP contribution in [0.3, 0.4) is 0 Å². The fourth-order valence-corrected chi connectivity index (χ4v) is 19.0. The fraction of sp³-hybridized carbons (Fsp3) is 0.354. The first-order valence-electron chi connectivity index (χ1n) is 37.6. The lowest BCUT2D eigenvalue weighted by Crippen LogP contribution is -2.40. The molecule has 0 unspecified atom stereocenters. The Labute approximate surface area is 625 Å². The van der Waals surface area contributed by atoms with Crippen molar-refractivity contribution in [1.29, 1.82) is 0 Å². The fourth-order valence-electron chi connectivity index (χ4n) is 19.0. The van der Waals surface area contributed by atoms with Crippen molar-refractivity contribution in [3.63, 3.8) is 0 Å². The molecule has 0 bridgehead atoms. The molecular weight excluding hydrogens is 1310 g/mol. The van der Waals surface area contributed by atoms with Crippen LogP contribution in [-0.4, -0.2) is 46.5 Å². The standard InChI is InChI=1S/C96H102N2O8/c1-23-45-97-85(99)67-47-71(103-59-33-25-55(26-34-59)93(15,16)51-89(3,4)5)79-63-41-43-65-76-66(44-42-64(75(63)76)80-72(48-68(86(97)100)77(67)83(79)80)104-60-35-27-56(28-36-60)94(17,18)52-90(6,7)8)82-74(106-62-39-31-58(32-40-62)96(21,22)54-92(12,13)14)50-70-78-69(87(101)98(46-24-2)88(70)102)49-73(81(65)84(78)82)105-61-37-29-57(30-38-61)95(19,20)53-91(9,10)11/h23-44,47-50H,1-2,45-46,51-54H2,3-22H3. The van der Waals surface area contributed by atoms with E-state index in [1.165, 1.54) is 9.80 Å². The van der Waals surface area contributed by atoms with Crippen molar-refractivity contribution < 1.29 is 38.1 Å². The van der Waals surface area contributed by atoms with Gasteiger partial charge in [0, 0.05) is 56.2 Å². The second-order valence-electron chi connectivity index (χ2n) is 37.8. The van der Waals surface area contributed by atoms with Crippen molar-refractivity contribution in [2.24, 2.45) is 21.7 Å². The molecule has 0 aromatic heterocycles. The minimum absolute atomic E-state index is 0.0221. The van der Waals surface area contributed by atoms with Gasteiger partial charge < -0.3 is 18.9 Å². The zero-order valence-electron chi connectivity index (χ0n) is 65.8. The van der Waals surface area contributed by atoms with Crippen LogP contribution >= 0.6 is 0 Å². The summed E-state index contributed by atoms with van der Waals surface area (Å²) in [5, 5.41) is 9.69. The van der Waals surface area contributed by atoms with Gasteiger partial charge in [0.05, 0.1) is 22.3 Å². The maximum atomic E-state index is 15.4. The Bertz CT molecular complexity index is 4930. The maximum absolute atomic E-state index is 15.4. The van der Waals surface area contributed by atoms with Gasteiger partial charge >= 0.3 is 0 Å². The summed E-state index contributed by atoms with van der Waals surface area (Å²) >= 11 is 0. The molecule has 0 aliphatic carbocycles. The van der Waals surface area contributed by atoms with Crippen LogP contribution in [0.15, 0.2) is 171 Å². The summed E-state index contributed by atoms with van der Waals surface area (Å²) in [6.45, 7) is 53.3. The highest BCUT2D eigenvalue weighted by Gasteiger charge is 2.41. The van der Waals surface area contributed by atoms with Gasteiger partial charge in [0.2, 0.25) is 0 Å². The predicted molar refractivity (Wildman–Crippen MR) is 437 cm³/mol. The van der Waals surface area contributed by atoms with Gasteiger partial charge in [-0.15, -0.1) is 13.2 Å². The second-order valence-corrected chi connectivity index (χ2v) is 37.8. The van der Waals surface area contributed by atoms with Crippen molar-refractivity contribution in [1.82, 2.24) is 9.80 Å². The summed E-state index contributed by atoms with van der Waals surface area (Å²) in [6.07, 6.45) is 6.93. The summed E-state index contributed by atoms with van der Waals surface area (Å²) in [6, 6.07) is 48.8. The third-order valence-electron chi connectivity index (χ3n) is 21.8. The Balaban J connectivity index is 1.12. The third kappa shape index (κ3) is 13.0. The van der Waals surface area contributed by atoms with Crippen LogP contribution < -0.4 is 18.9 Å². The number of hydrogen-bond donors (Lipinski definition) is 0. The van der Waals surface area contributed by atoms with Gasteiger partial charge in [-0.25, -0.2) is 0 Å². The van der Waals surface area contributed by atoms with Crippen molar-refractivity contribution in [3.05, 3.63) is 215 Å². The Morgan fingerprint density at radius 2 is 0.472 bits per heavy atom. The summed E-state index contributed by atoms with van der Waals surface area (Å²) < 4.78 is 29.5. The lowest BCUT2D eigenvalue weighted by molar-refractivity contribution is 0.0613. The van der Waals surface area contributed by atoms with Gasteiger partial charge in [-0.1, -0.05) is 223 Å². The Kier molecular flexibility index (Phi) is 17.4. The quantitative estimate of drug-likeness (QED) is 0.0321. The second kappa shape index (κ2) is 25.3. The molecule has 12 aromatic rings. The van der Waals surface area contributed by atoms with E-state index in [1.807, 2.05) is 72.8 Å². The molecule has 2 aliphatic rings. The van der Waals surface area contributed by atoms with Crippen molar-refractivity contribution in [3.8, 4) is 46.0 Å². The Hall–Kier alpha value is -10.1. The lowest BCUT2D eigenvalue weighted by Gasteiger charge is -2.33. The summed E-state index contributed by atoms with van der Waals surface area (Å²) in [5.74, 6) is 1.97. The SMILES string of the molecule is C=CCN1C(=O)c2cc(Oc3ccc(C(C)(C)CC(C)(C)C)cc3)c3c4ccc5c6c(Oc7ccc(C(C)(C)CC(C)(C)C)cc7)cc7c8c(cc(Oc9ccc(C(C)(C)CC(C)(C)C)cc9)c(c9ccc(c%10c(Oc%11ccc(C(C)(C)CC(C)(C)C)cc%11)cc(c2c3%10)C1=O)c4c59)c86)C(=O)N(CC=C)C7=O. The molecule has 0 atom stereocenters. The van der Waals surface area contributed by atoms with Crippen LogP contribution in [0.2, 0.25) is 0 Å². The molecule has 0 N–H and O–H groups in total. The molecule has 0 spiro atoms. The van der Waals surface area contributed by atoms with E-state index in [-0.39, 0.29) is 56.4 Å². The first-order valence-corrected chi connectivity index (χ1v) is 37.6. The Morgan fingerprint density at radius 1 is 0.274 bits per heavy atom. The molecule has 4 amide bonds. The number of amides is 4.